The molecule has 6 nitrogen and oxygen atoms in total. The summed E-state index contributed by atoms with van der Waals surface area (Å²) >= 11 is 0. The molecule has 1 aliphatic heterocycles. The molecule has 0 unspecified atom stereocenters. The van der Waals surface area contributed by atoms with Gasteiger partial charge in [-0.25, -0.2) is 12.7 Å². The van der Waals surface area contributed by atoms with Gasteiger partial charge in [0.15, 0.2) is 6.10 Å². The van der Waals surface area contributed by atoms with Gasteiger partial charge in [-0.2, -0.15) is 0 Å². The second-order valence-corrected chi connectivity index (χ2v) is 9.04. The van der Waals surface area contributed by atoms with Crippen molar-refractivity contribution in [1.82, 2.24) is 4.31 Å². The van der Waals surface area contributed by atoms with Crippen LogP contribution in [0.15, 0.2) is 47.4 Å². The maximum Gasteiger partial charge on any atom is 0.267 e. The molecular formula is C20H24N2O4S. The Labute approximate surface area is 160 Å². The van der Waals surface area contributed by atoms with Crippen LogP contribution in [0.1, 0.15) is 18.1 Å². The summed E-state index contributed by atoms with van der Waals surface area (Å²) in [6.45, 7) is 4.23. The largest absolute Gasteiger partial charge is 0.481 e. The molecule has 0 spiro atoms. The van der Waals surface area contributed by atoms with Crippen LogP contribution in [0, 0.1) is 6.92 Å². The fourth-order valence-electron chi connectivity index (χ4n) is 3.07. The summed E-state index contributed by atoms with van der Waals surface area (Å²) in [5, 5.41) is 0. The first-order chi connectivity index (χ1) is 12.7. The first-order valence-electron chi connectivity index (χ1n) is 8.80. The average molecular weight is 388 g/mol. The minimum Gasteiger partial charge on any atom is -0.481 e. The number of fused-ring (bicyclic) bond motifs is 1. The smallest absolute Gasteiger partial charge is 0.267 e. The number of nitrogens with zero attached hydrogens (tertiary/aromatic N) is 2. The molecule has 27 heavy (non-hydrogen) atoms. The van der Waals surface area contributed by atoms with E-state index in [0.717, 1.165) is 16.8 Å². The van der Waals surface area contributed by atoms with E-state index >= 15 is 0 Å². The Hall–Kier alpha value is -2.38. The van der Waals surface area contributed by atoms with Gasteiger partial charge >= 0.3 is 0 Å². The van der Waals surface area contributed by atoms with Gasteiger partial charge in [0.25, 0.3) is 5.91 Å². The Morgan fingerprint density at radius 1 is 1.15 bits per heavy atom. The van der Waals surface area contributed by atoms with Gasteiger partial charge in [-0.3, -0.25) is 4.79 Å². The van der Waals surface area contributed by atoms with Crippen LogP contribution >= 0.6 is 0 Å². The lowest BCUT2D eigenvalue weighted by atomic mass is 10.2. The summed E-state index contributed by atoms with van der Waals surface area (Å²) in [5.41, 5.74) is 2.73. The number of rotatable bonds is 5. The summed E-state index contributed by atoms with van der Waals surface area (Å²) in [6.07, 6.45) is -0.0152. The summed E-state index contributed by atoms with van der Waals surface area (Å²) in [4.78, 5) is 14.8. The third-order valence-electron chi connectivity index (χ3n) is 4.67. The van der Waals surface area contributed by atoms with Crippen LogP contribution in [0.2, 0.25) is 0 Å². The molecule has 7 heteroatoms. The van der Waals surface area contributed by atoms with Crippen LogP contribution in [0.4, 0.5) is 5.69 Å². The summed E-state index contributed by atoms with van der Waals surface area (Å²) < 4.78 is 31.6. The number of hydrogen-bond acceptors (Lipinski definition) is 4. The summed E-state index contributed by atoms with van der Waals surface area (Å²) in [5.74, 6) is 0.505. The predicted molar refractivity (Wildman–Crippen MR) is 105 cm³/mol. The molecule has 144 valence electrons. The maximum absolute atomic E-state index is 12.8. The third kappa shape index (κ3) is 3.84. The molecule has 0 saturated heterocycles. The Bertz CT molecular complexity index is 952. The Kier molecular flexibility index (Phi) is 5.26. The Balaban J connectivity index is 1.78. The van der Waals surface area contributed by atoms with E-state index in [-0.39, 0.29) is 10.8 Å². The number of sulfonamides is 1. The molecule has 1 atom stereocenters. The molecule has 0 saturated carbocycles. The fourth-order valence-corrected chi connectivity index (χ4v) is 4.02. The topological polar surface area (TPSA) is 66.9 Å². The van der Waals surface area contributed by atoms with Crippen molar-refractivity contribution in [2.75, 3.05) is 25.5 Å². The second kappa shape index (κ2) is 7.32. The van der Waals surface area contributed by atoms with Gasteiger partial charge < -0.3 is 9.64 Å². The predicted octanol–water partition coefficient (Wildman–Crippen LogP) is 2.60. The van der Waals surface area contributed by atoms with E-state index in [9.17, 15) is 13.2 Å². The SMILES string of the molecule is Cc1ccc(O[C@@H](C)C(=O)N2CCc3cc(S(=O)(=O)N(C)C)ccc32)cc1. The van der Waals surface area contributed by atoms with Gasteiger partial charge in [0.05, 0.1) is 4.90 Å². The van der Waals surface area contributed by atoms with E-state index in [1.165, 1.54) is 18.4 Å². The molecule has 1 heterocycles. The highest BCUT2D eigenvalue weighted by Crippen LogP contribution is 2.31. The molecule has 0 N–H and O–H groups in total. The minimum atomic E-state index is -3.49. The zero-order valence-electron chi connectivity index (χ0n) is 16.0. The van der Waals surface area contributed by atoms with Crippen LogP contribution in [0.3, 0.4) is 0 Å². The van der Waals surface area contributed by atoms with Gasteiger partial charge in [-0.1, -0.05) is 17.7 Å². The van der Waals surface area contributed by atoms with Gasteiger partial charge in [0, 0.05) is 26.3 Å². The molecular weight excluding hydrogens is 364 g/mol. The number of benzene rings is 2. The van der Waals surface area contributed by atoms with E-state index in [2.05, 4.69) is 0 Å². The highest BCUT2D eigenvalue weighted by Gasteiger charge is 2.30. The molecule has 2 aromatic carbocycles. The zero-order chi connectivity index (χ0) is 19.8. The lowest BCUT2D eigenvalue weighted by molar-refractivity contribution is -0.124. The molecule has 1 amide bonds. The van der Waals surface area contributed by atoms with Crippen LogP contribution in [0.5, 0.6) is 5.75 Å². The van der Waals surface area contributed by atoms with Gasteiger partial charge in [-0.15, -0.1) is 0 Å². The number of ether oxygens (including phenoxy) is 1. The quantitative estimate of drug-likeness (QED) is 0.790. The van der Waals surface area contributed by atoms with Gasteiger partial charge in [0.1, 0.15) is 5.75 Å². The highest BCUT2D eigenvalue weighted by molar-refractivity contribution is 7.89. The number of carbonyl (C=O) groups is 1. The molecule has 0 fully saturated rings. The standard InChI is InChI=1S/C20H24N2O4S/c1-14-5-7-17(8-6-14)26-15(2)20(23)22-12-11-16-13-18(9-10-19(16)22)27(24,25)21(3)4/h5-10,13,15H,11-12H2,1-4H3/t15-/m0/s1. The first kappa shape index (κ1) is 19.4. The van der Waals surface area contributed by atoms with Crippen molar-refractivity contribution in [2.45, 2.75) is 31.3 Å². The monoisotopic (exact) mass is 388 g/mol. The molecule has 2 aromatic rings. The fraction of sp³-hybridized carbons (Fsp3) is 0.350. The van der Waals surface area contributed by atoms with Crippen molar-refractivity contribution in [2.24, 2.45) is 0 Å². The second-order valence-electron chi connectivity index (χ2n) is 6.89. The third-order valence-corrected chi connectivity index (χ3v) is 6.48. The van der Waals surface area contributed by atoms with Crippen LogP contribution < -0.4 is 9.64 Å². The van der Waals surface area contributed by atoms with Crippen molar-refractivity contribution in [3.8, 4) is 5.75 Å². The molecule has 0 aromatic heterocycles. The number of aryl methyl sites for hydroxylation is 1. The number of anilines is 1. The molecule has 1 aliphatic rings. The van der Waals surface area contributed by atoms with E-state index < -0.39 is 16.1 Å². The normalized spacial score (nSPS) is 14.9. The van der Waals surface area contributed by atoms with Gasteiger partial charge in [0.2, 0.25) is 10.0 Å². The van der Waals surface area contributed by atoms with E-state index in [4.69, 9.17) is 4.74 Å². The summed E-state index contributed by atoms with van der Waals surface area (Å²) in [7, 11) is -0.487. The van der Waals surface area contributed by atoms with E-state index in [1.54, 1.807) is 30.0 Å². The van der Waals surface area contributed by atoms with Crippen molar-refractivity contribution in [1.29, 1.82) is 0 Å². The number of hydrogen-bond donors (Lipinski definition) is 0. The highest BCUT2D eigenvalue weighted by atomic mass is 32.2. The van der Waals surface area contributed by atoms with Crippen molar-refractivity contribution >= 4 is 21.6 Å². The Morgan fingerprint density at radius 3 is 2.44 bits per heavy atom. The van der Waals surface area contributed by atoms with Crippen LogP contribution in [-0.4, -0.2) is 45.4 Å². The zero-order valence-corrected chi connectivity index (χ0v) is 16.8. The summed E-state index contributed by atoms with van der Waals surface area (Å²) in [6, 6.07) is 12.5. The van der Waals surface area contributed by atoms with Crippen molar-refractivity contribution in [3.63, 3.8) is 0 Å². The van der Waals surface area contributed by atoms with Crippen molar-refractivity contribution in [3.05, 3.63) is 53.6 Å². The van der Waals surface area contributed by atoms with Gasteiger partial charge in [-0.05, 0) is 56.2 Å². The average Bonchev–Trinajstić information content (AvgIpc) is 3.06. The van der Waals surface area contributed by atoms with Crippen molar-refractivity contribution < 1.29 is 17.9 Å². The van der Waals surface area contributed by atoms with E-state index in [0.29, 0.717) is 18.7 Å². The lowest BCUT2D eigenvalue weighted by Crippen LogP contribution is -2.39. The molecule has 3 rings (SSSR count). The van der Waals surface area contributed by atoms with E-state index in [1.807, 2.05) is 31.2 Å². The molecule has 0 radical (unpaired) electrons. The van der Waals surface area contributed by atoms with Crippen LogP contribution in [-0.2, 0) is 21.2 Å². The minimum absolute atomic E-state index is 0.141. The number of amides is 1. The molecule has 0 aliphatic carbocycles. The maximum atomic E-state index is 12.8. The number of carbonyl (C=O) groups excluding carboxylic acids is 1. The Morgan fingerprint density at radius 2 is 1.81 bits per heavy atom. The lowest BCUT2D eigenvalue weighted by Gasteiger charge is -2.22. The van der Waals surface area contributed by atoms with Crippen LogP contribution in [0.25, 0.3) is 0 Å². The first-order valence-corrected chi connectivity index (χ1v) is 10.2. The molecule has 0 bridgehead atoms.